The molecule has 0 N–H and O–H groups in total. The average Bonchev–Trinajstić information content (AvgIpc) is 2.50. The number of aromatic nitrogens is 2. The molecule has 0 unspecified atom stereocenters. The number of aryl methyl sites for hydroxylation is 2. The quantitative estimate of drug-likeness (QED) is 0.705. The second-order valence-electron chi connectivity index (χ2n) is 4.32. The van der Waals surface area contributed by atoms with E-state index in [-0.39, 0.29) is 0 Å². The van der Waals surface area contributed by atoms with Crippen LogP contribution in [0.3, 0.4) is 0 Å². The summed E-state index contributed by atoms with van der Waals surface area (Å²) in [4.78, 5) is 11.4. The second-order valence-corrected chi connectivity index (χ2v) is 4.32. The van der Waals surface area contributed by atoms with Crippen molar-refractivity contribution < 1.29 is 0 Å². The van der Waals surface area contributed by atoms with E-state index in [9.17, 15) is 0 Å². The summed E-state index contributed by atoms with van der Waals surface area (Å²) in [7, 11) is 0. The van der Waals surface area contributed by atoms with E-state index < -0.39 is 0 Å². The summed E-state index contributed by atoms with van der Waals surface area (Å²) in [6.45, 7) is 6.33. The minimum Gasteiger partial charge on any atom is -0.355 e. The molecular formula is C12H19N3. The van der Waals surface area contributed by atoms with Crippen LogP contribution >= 0.6 is 0 Å². The monoisotopic (exact) mass is 205 g/mol. The zero-order chi connectivity index (χ0) is 10.7. The lowest BCUT2D eigenvalue weighted by atomic mass is 10.2. The van der Waals surface area contributed by atoms with Crippen molar-refractivity contribution in [2.24, 2.45) is 0 Å². The molecule has 0 amide bonds. The van der Waals surface area contributed by atoms with Crippen LogP contribution in [0.5, 0.6) is 0 Å². The maximum absolute atomic E-state index is 4.60. The Bertz CT molecular complexity index is 328. The third-order valence-electron chi connectivity index (χ3n) is 2.96. The fourth-order valence-corrected chi connectivity index (χ4v) is 2.11. The molecule has 0 saturated carbocycles. The molecule has 3 heteroatoms. The molecule has 1 aliphatic heterocycles. The van der Waals surface area contributed by atoms with Gasteiger partial charge in [0.05, 0.1) is 11.4 Å². The average molecular weight is 205 g/mol. The van der Waals surface area contributed by atoms with Crippen LogP contribution in [0.25, 0.3) is 0 Å². The number of nitrogens with zero attached hydrogens (tertiary/aromatic N) is 3. The normalized spacial score (nSPS) is 17.6. The predicted molar refractivity (Wildman–Crippen MR) is 62.2 cm³/mol. The molecule has 1 aromatic heterocycles. The highest BCUT2D eigenvalue weighted by Crippen LogP contribution is 2.19. The molecule has 1 fully saturated rings. The first-order valence-electron chi connectivity index (χ1n) is 5.82. The van der Waals surface area contributed by atoms with Crippen molar-refractivity contribution in [3.8, 4) is 0 Å². The Hall–Kier alpha value is -1.12. The van der Waals surface area contributed by atoms with Gasteiger partial charge in [-0.3, -0.25) is 4.98 Å². The zero-order valence-corrected chi connectivity index (χ0v) is 9.66. The summed E-state index contributed by atoms with van der Waals surface area (Å²) < 4.78 is 0. The SMILES string of the molecule is Cc1cnc(C)c(N2CCCCCC2)n1. The molecule has 0 spiro atoms. The van der Waals surface area contributed by atoms with Crippen LogP contribution < -0.4 is 4.90 Å². The van der Waals surface area contributed by atoms with Gasteiger partial charge in [0.15, 0.2) is 0 Å². The highest BCUT2D eigenvalue weighted by molar-refractivity contribution is 5.43. The third kappa shape index (κ3) is 2.46. The fraction of sp³-hybridized carbons (Fsp3) is 0.667. The molecule has 15 heavy (non-hydrogen) atoms. The number of anilines is 1. The van der Waals surface area contributed by atoms with E-state index in [0.717, 1.165) is 30.3 Å². The summed E-state index contributed by atoms with van der Waals surface area (Å²) in [6, 6.07) is 0. The summed E-state index contributed by atoms with van der Waals surface area (Å²) in [6.07, 6.45) is 7.13. The van der Waals surface area contributed by atoms with Gasteiger partial charge in [0.25, 0.3) is 0 Å². The maximum Gasteiger partial charge on any atom is 0.150 e. The first-order valence-corrected chi connectivity index (χ1v) is 5.82. The van der Waals surface area contributed by atoms with Crippen molar-refractivity contribution in [1.29, 1.82) is 0 Å². The van der Waals surface area contributed by atoms with E-state index in [1.165, 1.54) is 25.7 Å². The molecule has 1 aromatic rings. The van der Waals surface area contributed by atoms with Crippen molar-refractivity contribution in [2.45, 2.75) is 39.5 Å². The van der Waals surface area contributed by atoms with Gasteiger partial charge in [-0.2, -0.15) is 0 Å². The van der Waals surface area contributed by atoms with E-state index in [1.54, 1.807) is 0 Å². The van der Waals surface area contributed by atoms with Gasteiger partial charge in [-0.15, -0.1) is 0 Å². The molecule has 0 radical (unpaired) electrons. The summed E-state index contributed by atoms with van der Waals surface area (Å²) in [5.41, 5.74) is 2.07. The van der Waals surface area contributed by atoms with Crippen LogP contribution in [0.2, 0.25) is 0 Å². The van der Waals surface area contributed by atoms with Crippen LogP contribution in [0, 0.1) is 13.8 Å². The summed E-state index contributed by atoms with van der Waals surface area (Å²) in [5.74, 6) is 1.09. The molecule has 2 rings (SSSR count). The van der Waals surface area contributed by atoms with Crippen LogP contribution in [0.4, 0.5) is 5.82 Å². The molecule has 0 aliphatic carbocycles. The standard InChI is InChI=1S/C12H19N3/c1-10-9-13-11(2)12(14-10)15-7-5-3-4-6-8-15/h9H,3-8H2,1-2H3. The van der Waals surface area contributed by atoms with E-state index in [1.807, 2.05) is 20.0 Å². The lowest BCUT2D eigenvalue weighted by molar-refractivity contribution is 0.726. The summed E-state index contributed by atoms with van der Waals surface area (Å²) in [5, 5.41) is 0. The Morgan fingerprint density at radius 3 is 2.40 bits per heavy atom. The Morgan fingerprint density at radius 1 is 1.07 bits per heavy atom. The smallest absolute Gasteiger partial charge is 0.150 e. The van der Waals surface area contributed by atoms with Gasteiger partial charge >= 0.3 is 0 Å². The van der Waals surface area contributed by atoms with E-state index >= 15 is 0 Å². The van der Waals surface area contributed by atoms with Gasteiger partial charge in [0.1, 0.15) is 5.82 Å². The van der Waals surface area contributed by atoms with Crippen LogP contribution in [0.1, 0.15) is 37.1 Å². The van der Waals surface area contributed by atoms with Crippen molar-refractivity contribution in [1.82, 2.24) is 9.97 Å². The number of hydrogen-bond donors (Lipinski definition) is 0. The Balaban J connectivity index is 2.22. The Kier molecular flexibility index (Phi) is 3.19. The predicted octanol–water partition coefficient (Wildman–Crippen LogP) is 2.47. The lowest BCUT2D eigenvalue weighted by Gasteiger charge is -2.22. The highest BCUT2D eigenvalue weighted by Gasteiger charge is 2.13. The van der Waals surface area contributed by atoms with Gasteiger partial charge in [-0.25, -0.2) is 4.98 Å². The first kappa shape index (κ1) is 10.4. The fourth-order valence-electron chi connectivity index (χ4n) is 2.11. The van der Waals surface area contributed by atoms with Gasteiger partial charge in [0, 0.05) is 19.3 Å². The molecule has 1 aliphatic rings. The van der Waals surface area contributed by atoms with Crippen molar-refractivity contribution in [2.75, 3.05) is 18.0 Å². The maximum atomic E-state index is 4.60. The largest absolute Gasteiger partial charge is 0.355 e. The van der Waals surface area contributed by atoms with Crippen LogP contribution in [0.15, 0.2) is 6.20 Å². The molecule has 1 saturated heterocycles. The van der Waals surface area contributed by atoms with Crippen molar-refractivity contribution >= 4 is 5.82 Å². The third-order valence-corrected chi connectivity index (χ3v) is 2.96. The van der Waals surface area contributed by atoms with Gasteiger partial charge in [0.2, 0.25) is 0 Å². The minimum atomic E-state index is 1.01. The molecule has 0 atom stereocenters. The highest BCUT2D eigenvalue weighted by atomic mass is 15.2. The molecule has 2 heterocycles. The van der Waals surface area contributed by atoms with Crippen molar-refractivity contribution in [3.63, 3.8) is 0 Å². The van der Waals surface area contributed by atoms with E-state index in [0.29, 0.717) is 0 Å². The summed E-state index contributed by atoms with van der Waals surface area (Å²) >= 11 is 0. The second kappa shape index (κ2) is 4.60. The molecule has 0 aromatic carbocycles. The first-order chi connectivity index (χ1) is 7.27. The molecule has 82 valence electrons. The zero-order valence-electron chi connectivity index (χ0n) is 9.66. The van der Waals surface area contributed by atoms with E-state index in [4.69, 9.17) is 0 Å². The van der Waals surface area contributed by atoms with Crippen LogP contribution in [-0.4, -0.2) is 23.1 Å². The Labute approximate surface area is 91.5 Å². The minimum absolute atomic E-state index is 1.01. The van der Waals surface area contributed by atoms with Crippen LogP contribution in [-0.2, 0) is 0 Å². The lowest BCUT2D eigenvalue weighted by Crippen LogP contribution is -2.26. The van der Waals surface area contributed by atoms with Crippen molar-refractivity contribution in [3.05, 3.63) is 17.6 Å². The van der Waals surface area contributed by atoms with Gasteiger partial charge in [-0.1, -0.05) is 12.8 Å². The Morgan fingerprint density at radius 2 is 1.73 bits per heavy atom. The van der Waals surface area contributed by atoms with Gasteiger partial charge < -0.3 is 4.90 Å². The molecule has 0 bridgehead atoms. The molecular weight excluding hydrogens is 186 g/mol. The number of rotatable bonds is 1. The number of hydrogen-bond acceptors (Lipinski definition) is 3. The van der Waals surface area contributed by atoms with Gasteiger partial charge in [-0.05, 0) is 26.7 Å². The van der Waals surface area contributed by atoms with E-state index in [2.05, 4.69) is 14.9 Å². The molecule has 3 nitrogen and oxygen atoms in total. The topological polar surface area (TPSA) is 29.0 Å².